The summed E-state index contributed by atoms with van der Waals surface area (Å²) in [6.45, 7) is 7.92. The van der Waals surface area contributed by atoms with E-state index in [2.05, 4.69) is 23.7 Å². The molecule has 0 unspecified atom stereocenters. The molecule has 23 heavy (non-hydrogen) atoms. The Morgan fingerprint density at radius 3 is 2.61 bits per heavy atom. The lowest BCUT2D eigenvalue weighted by atomic mass is 10.1. The Kier molecular flexibility index (Phi) is 6.86. The molecule has 0 spiro atoms. The molecule has 122 valence electrons. The lowest BCUT2D eigenvalue weighted by Gasteiger charge is -2.11. The highest BCUT2D eigenvalue weighted by atomic mass is 32.1. The minimum atomic E-state index is -1.13. The Labute approximate surface area is 141 Å². The van der Waals surface area contributed by atoms with Gasteiger partial charge in [0.1, 0.15) is 16.7 Å². The van der Waals surface area contributed by atoms with E-state index in [-0.39, 0.29) is 4.91 Å². The van der Waals surface area contributed by atoms with E-state index in [1.807, 2.05) is 13.8 Å². The Bertz CT molecular complexity index is 700. The van der Waals surface area contributed by atoms with Crippen LogP contribution in [0, 0.1) is 17.2 Å². The van der Waals surface area contributed by atoms with Crippen molar-refractivity contribution in [2.45, 2.75) is 27.7 Å². The van der Waals surface area contributed by atoms with Gasteiger partial charge in [0.05, 0.1) is 17.9 Å². The first-order valence-corrected chi connectivity index (χ1v) is 7.56. The molecule has 1 aromatic rings. The van der Waals surface area contributed by atoms with Gasteiger partial charge in [-0.15, -0.1) is 12.6 Å². The SMILES string of the molecule is CC(/N=C(\C)c1ccc(OCC(C)C)c(C#N)c1)=C(/S)C(=O)O. The molecule has 0 aliphatic heterocycles. The van der Waals surface area contributed by atoms with Crippen LogP contribution in [0.25, 0.3) is 0 Å². The molecule has 0 aliphatic rings. The fraction of sp³-hybridized carbons (Fsp3) is 0.353. The largest absolute Gasteiger partial charge is 0.492 e. The van der Waals surface area contributed by atoms with Gasteiger partial charge in [-0.1, -0.05) is 13.8 Å². The maximum atomic E-state index is 10.9. The van der Waals surface area contributed by atoms with Crippen LogP contribution in [0.2, 0.25) is 0 Å². The number of benzene rings is 1. The van der Waals surface area contributed by atoms with E-state index in [1.54, 1.807) is 32.0 Å². The normalized spacial score (nSPS) is 12.7. The molecule has 0 bridgehead atoms. The number of nitriles is 1. The van der Waals surface area contributed by atoms with Crippen LogP contribution in [0.1, 0.15) is 38.8 Å². The molecule has 0 saturated carbocycles. The molecule has 0 aromatic heterocycles. The number of hydrogen-bond acceptors (Lipinski definition) is 5. The first-order valence-electron chi connectivity index (χ1n) is 7.12. The number of rotatable bonds is 6. The zero-order valence-corrected chi connectivity index (χ0v) is 14.5. The number of aliphatic imine (C=N–C) groups is 1. The van der Waals surface area contributed by atoms with Crippen molar-refractivity contribution in [2.75, 3.05) is 6.61 Å². The van der Waals surface area contributed by atoms with Crippen molar-refractivity contribution in [3.63, 3.8) is 0 Å². The van der Waals surface area contributed by atoms with E-state index < -0.39 is 5.97 Å². The zero-order valence-electron chi connectivity index (χ0n) is 13.6. The predicted molar refractivity (Wildman–Crippen MR) is 93.0 cm³/mol. The number of allylic oxidation sites excluding steroid dienone is 1. The van der Waals surface area contributed by atoms with Crippen LogP contribution in [0.5, 0.6) is 5.75 Å². The minimum absolute atomic E-state index is 0.109. The highest BCUT2D eigenvalue weighted by Crippen LogP contribution is 2.21. The lowest BCUT2D eigenvalue weighted by Crippen LogP contribution is -2.06. The van der Waals surface area contributed by atoms with E-state index in [0.717, 1.165) is 5.56 Å². The highest BCUT2D eigenvalue weighted by Gasteiger charge is 2.09. The van der Waals surface area contributed by atoms with Crippen LogP contribution in [-0.4, -0.2) is 23.4 Å². The molecule has 0 heterocycles. The summed E-state index contributed by atoms with van der Waals surface area (Å²) in [6.07, 6.45) is 0. The second-order valence-electron chi connectivity index (χ2n) is 5.46. The second kappa shape index (κ2) is 8.39. The van der Waals surface area contributed by atoms with Crippen LogP contribution in [0.15, 0.2) is 33.8 Å². The molecule has 5 nitrogen and oxygen atoms in total. The van der Waals surface area contributed by atoms with Crippen molar-refractivity contribution in [1.82, 2.24) is 0 Å². The minimum Gasteiger partial charge on any atom is -0.492 e. The number of carboxylic acid groups (broad SMARTS) is 1. The number of carbonyl (C=O) groups is 1. The van der Waals surface area contributed by atoms with Crippen molar-refractivity contribution in [3.05, 3.63) is 39.9 Å². The van der Waals surface area contributed by atoms with E-state index >= 15 is 0 Å². The van der Waals surface area contributed by atoms with E-state index in [4.69, 9.17) is 9.84 Å². The summed E-state index contributed by atoms with van der Waals surface area (Å²) in [5.74, 6) is -0.231. The summed E-state index contributed by atoms with van der Waals surface area (Å²) < 4.78 is 5.61. The summed E-state index contributed by atoms with van der Waals surface area (Å²) in [5, 5.41) is 18.2. The molecular formula is C17H20N2O3S. The van der Waals surface area contributed by atoms with Crippen LogP contribution in [-0.2, 0) is 4.79 Å². The van der Waals surface area contributed by atoms with E-state index in [0.29, 0.717) is 35.2 Å². The first kappa shape index (κ1) is 18.8. The third-order valence-electron chi connectivity index (χ3n) is 2.97. The Morgan fingerprint density at radius 2 is 2.09 bits per heavy atom. The van der Waals surface area contributed by atoms with Crippen LogP contribution in [0.4, 0.5) is 0 Å². The predicted octanol–water partition coefficient (Wildman–Crippen LogP) is 3.65. The molecule has 0 saturated heterocycles. The fourth-order valence-electron chi connectivity index (χ4n) is 1.75. The molecular weight excluding hydrogens is 312 g/mol. The van der Waals surface area contributed by atoms with Gasteiger partial charge >= 0.3 is 5.97 Å². The molecule has 1 N–H and O–H groups in total. The van der Waals surface area contributed by atoms with Gasteiger partial charge in [0, 0.05) is 5.71 Å². The Hall–Kier alpha value is -2.26. The Balaban J connectivity index is 3.13. The summed E-state index contributed by atoms with van der Waals surface area (Å²) >= 11 is 3.91. The number of nitrogens with zero attached hydrogens (tertiary/aromatic N) is 2. The molecule has 6 heteroatoms. The highest BCUT2D eigenvalue weighted by molar-refractivity contribution is 7.85. The van der Waals surface area contributed by atoms with E-state index in [1.165, 1.54) is 0 Å². The number of thiol groups is 1. The number of hydrogen-bond donors (Lipinski definition) is 2. The van der Waals surface area contributed by atoms with Crippen LogP contribution < -0.4 is 4.74 Å². The first-order chi connectivity index (χ1) is 10.8. The molecule has 0 fully saturated rings. The Morgan fingerprint density at radius 1 is 1.43 bits per heavy atom. The smallest absolute Gasteiger partial charge is 0.343 e. The van der Waals surface area contributed by atoms with Crippen molar-refractivity contribution in [2.24, 2.45) is 10.9 Å². The molecule has 0 aliphatic carbocycles. The molecule has 1 aromatic carbocycles. The zero-order chi connectivity index (χ0) is 17.6. The molecule has 0 radical (unpaired) electrons. The third-order valence-corrected chi connectivity index (χ3v) is 3.49. The van der Waals surface area contributed by atoms with Gasteiger partial charge < -0.3 is 9.84 Å². The van der Waals surface area contributed by atoms with E-state index in [9.17, 15) is 10.1 Å². The fourth-order valence-corrected chi connectivity index (χ4v) is 1.80. The van der Waals surface area contributed by atoms with Crippen molar-refractivity contribution >= 4 is 24.3 Å². The summed E-state index contributed by atoms with van der Waals surface area (Å²) in [5.41, 5.74) is 2.05. The van der Waals surface area contributed by atoms with Gasteiger partial charge in [-0.25, -0.2) is 4.79 Å². The van der Waals surface area contributed by atoms with Gasteiger partial charge in [-0.05, 0) is 43.5 Å². The van der Waals surface area contributed by atoms with Gasteiger partial charge in [0.2, 0.25) is 0 Å². The maximum Gasteiger partial charge on any atom is 0.343 e. The standard InChI is InChI=1S/C17H20N2O3S/c1-10(2)9-22-15-6-5-13(7-14(15)8-18)11(3)19-12(4)16(23)17(20)21/h5-7,10,23H,9H2,1-4H3,(H,20,21)/b16-12-,19-11+. The summed E-state index contributed by atoms with van der Waals surface area (Å²) in [4.78, 5) is 15.0. The van der Waals surface area contributed by atoms with Gasteiger partial charge in [0.25, 0.3) is 0 Å². The third kappa shape index (κ3) is 5.46. The second-order valence-corrected chi connectivity index (χ2v) is 5.91. The van der Waals surface area contributed by atoms with Gasteiger partial charge in [-0.3, -0.25) is 4.99 Å². The van der Waals surface area contributed by atoms with Crippen molar-refractivity contribution < 1.29 is 14.6 Å². The molecule has 0 amide bonds. The van der Waals surface area contributed by atoms with Crippen LogP contribution >= 0.6 is 12.6 Å². The topological polar surface area (TPSA) is 82.7 Å². The monoisotopic (exact) mass is 332 g/mol. The maximum absolute atomic E-state index is 10.9. The van der Waals surface area contributed by atoms with Crippen molar-refractivity contribution in [1.29, 1.82) is 5.26 Å². The average molecular weight is 332 g/mol. The lowest BCUT2D eigenvalue weighted by molar-refractivity contribution is -0.131. The van der Waals surface area contributed by atoms with Crippen LogP contribution in [0.3, 0.4) is 0 Å². The van der Waals surface area contributed by atoms with Gasteiger partial charge in [0.15, 0.2) is 0 Å². The van der Waals surface area contributed by atoms with Crippen molar-refractivity contribution in [3.8, 4) is 11.8 Å². The number of ether oxygens (including phenoxy) is 1. The molecule has 1 rings (SSSR count). The molecule has 0 atom stereocenters. The summed E-state index contributed by atoms with van der Waals surface area (Å²) in [6, 6.07) is 7.31. The number of aliphatic carboxylic acids is 1. The average Bonchev–Trinajstić information content (AvgIpc) is 2.51. The van der Waals surface area contributed by atoms with Gasteiger partial charge in [-0.2, -0.15) is 5.26 Å². The number of carboxylic acids is 1. The summed E-state index contributed by atoms with van der Waals surface area (Å²) in [7, 11) is 0. The quantitative estimate of drug-likeness (QED) is 0.473.